The molecule has 194 valence electrons. The zero-order valence-corrected chi connectivity index (χ0v) is 21.1. The van der Waals surface area contributed by atoms with E-state index in [2.05, 4.69) is 6.92 Å². The minimum Gasteiger partial charge on any atom is -0.504 e. The van der Waals surface area contributed by atoms with Crippen LogP contribution in [0.15, 0.2) is 12.1 Å². The Balaban J connectivity index is 2.21. The van der Waals surface area contributed by atoms with Gasteiger partial charge in [-0.15, -0.1) is 0 Å². The third-order valence-electron chi connectivity index (χ3n) is 6.23. The summed E-state index contributed by atoms with van der Waals surface area (Å²) in [6, 6.07) is 2.39. The Morgan fingerprint density at radius 3 is 1.47 bits per heavy atom. The van der Waals surface area contributed by atoms with Crippen LogP contribution < -0.4 is 10.6 Å². The van der Waals surface area contributed by atoms with Gasteiger partial charge >= 0.3 is 0 Å². The molecule has 0 unspecified atom stereocenters. The number of hydrogen-bond acceptors (Lipinski definition) is 5. The number of hydrogen-bond donors (Lipinski definition) is 4. The molecule has 7 nitrogen and oxygen atoms in total. The molecule has 0 spiro atoms. The van der Waals surface area contributed by atoms with E-state index in [-0.39, 0.29) is 5.69 Å². The Hall–Kier alpha value is -2.44. The first kappa shape index (κ1) is 29.6. The van der Waals surface area contributed by atoms with Gasteiger partial charge in [-0.25, -0.2) is 0 Å². The quantitative estimate of drug-likeness (QED) is 0.0998. The largest absolute Gasteiger partial charge is 0.504 e. The van der Waals surface area contributed by atoms with Crippen molar-refractivity contribution in [1.29, 1.82) is 0 Å². The highest BCUT2D eigenvalue weighted by Crippen LogP contribution is 2.38. The number of carbonyl (C=O) groups is 2. The molecule has 5 N–H and O–H groups in total. The van der Waals surface area contributed by atoms with Gasteiger partial charge in [-0.05, 0) is 6.42 Å². The number of primary amides is 1. The van der Waals surface area contributed by atoms with Crippen LogP contribution in [-0.4, -0.2) is 33.7 Å². The van der Waals surface area contributed by atoms with Crippen molar-refractivity contribution in [1.82, 2.24) is 0 Å². The lowest BCUT2D eigenvalue weighted by atomic mass is 10.0. The molecule has 0 atom stereocenters. The second-order valence-electron chi connectivity index (χ2n) is 9.32. The number of nitrogens with zero attached hydrogens (tertiary/aromatic N) is 1. The van der Waals surface area contributed by atoms with E-state index in [1.807, 2.05) is 0 Å². The minimum atomic E-state index is -0.741. The predicted molar refractivity (Wildman–Crippen MR) is 137 cm³/mol. The van der Waals surface area contributed by atoms with Gasteiger partial charge in [0.2, 0.25) is 11.8 Å². The van der Waals surface area contributed by atoms with Crippen LogP contribution in [0.5, 0.6) is 17.2 Å². The molecule has 1 rings (SSSR count). The number of unbranched alkanes of at least 4 members (excludes halogenated alkanes) is 15. The van der Waals surface area contributed by atoms with Crippen molar-refractivity contribution in [2.75, 3.05) is 11.4 Å². The zero-order chi connectivity index (χ0) is 25.2. The Kier molecular flexibility index (Phi) is 15.6. The maximum absolute atomic E-state index is 12.5. The monoisotopic (exact) mass is 478 g/mol. The van der Waals surface area contributed by atoms with Crippen LogP contribution in [0.2, 0.25) is 0 Å². The fourth-order valence-corrected chi connectivity index (χ4v) is 4.21. The standard InChI is InChI=1S/C27H46N2O5/c1-2-3-4-5-6-7-8-9-10-11-12-13-14-15-16-17-18-29(26(33)21-25(28)32)22-19-23(30)27(34)24(31)20-22/h19-20,30-31,34H,2-18,21H2,1H3,(H2,28,32). The first-order valence-electron chi connectivity index (χ1n) is 13.2. The van der Waals surface area contributed by atoms with E-state index in [1.54, 1.807) is 0 Å². The summed E-state index contributed by atoms with van der Waals surface area (Å²) in [5.41, 5.74) is 5.38. The third-order valence-corrected chi connectivity index (χ3v) is 6.23. The average molecular weight is 479 g/mol. The van der Waals surface area contributed by atoms with Crippen LogP contribution in [0.4, 0.5) is 5.69 Å². The van der Waals surface area contributed by atoms with Crippen LogP contribution in [0.1, 0.15) is 116 Å². The number of phenolic OH excluding ortho intramolecular Hbond substituents is 3. The lowest BCUT2D eigenvalue weighted by molar-refractivity contribution is -0.126. The Bertz CT molecular complexity index is 700. The van der Waals surface area contributed by atoms with Crippen LogP contribution in [-0.2, 0) is 9.59 Å². The van der Waals surface area contributed by atoms with Gasteiger partial charge in [-0.3, -0.25) is 9.59 Å². The van der Waals surface area contributed by atoms with E-state index in [0.29, 0.717) is 6.54 Å². The van der Waals surface area contributed by atoms with Gasteiger partial charge < -0.3 is 26.0 Å². The number of anilines is 1. The van der Waals surface area contributed by atoms with E-state index in [9.17, 15) is 24.9 Å². The summed E-state index contributed by atoms with van der Waals surface area (Å²) in [5, 5.41) is 29.1. The molecule has 0 aliphatic rings. The molecule has 0 fully saturated rings. The van der Waals surface area contributed by atoms with Crippen molar-refractivity contribution < 1.29 is 24.9 Å². The highest BCUT2D eigenvalue weighted by atomic mass is 16.3. The number of carbonyl (C=O) groups excluding carboxylic acids is 2. The van der Waals surface area contributed by atoms with E-state index < -0.39 is 35.5 Å². The van der Waals surface area contributed by atoms with Gasteiger partial charge in [0.15, 0.2) is 17.2 Å². The van der Waals surface area contributed by atoms with E-state index in [4.69, 9.17) is 5.73 Å². The zero-order valence-electron chi connectivity index (χ0n) is 21.1. The van der Waals surface area contributed by atoms with Crippen molar-refractivity contribution in [2.45, 2.75) is 116 Å². The third kappa shape index (κ3) is 12.7. The molecule has 0 bridgehead atoms. The lowest BCUT2D eigenvalue weighted by Crippen LogP contribution is -2.34. The minimum absolute atomic E-state index is 0.222. The van der Waals surface area contributed by atoms with Gasteiger partial charge in [-0.2, -0.15) is 0 Å². The topological polar surface area (TPSA) is 124 Å². The molecule has 2 amide bonds. The summed E-state index contributed by atoms with van der Waals surface area (Å²) in [6.45, 7) is 2.60. The van der Waals surface area contributed by atoms with Crippen molar-refractivity contribution in [3.63, 3.8) is 0 Å². The van der Waals surface area contributed by atoms with E-state index >= 15 is 0 Å². The molecule has 0 heterocycles. The fourth-order valence-electron chi connectivity index (χ4n) is 4.21. The first-order valence-corrected chi connectivity index (χ1v) is 13.2. The van der Waals surface area contributed by atoms with Crippen LogP contribution in [0.3, 0.4) is 0 Å². The van der Waals surface area contributed by atoms with Crippen molar-refractivity contribution in [3.05, 3.63) is 12.1 Å². The highest BCUT2D eigenvalue weighted by molar-refractivity contribution is 6.04. The molecule has 0 aromatic heterocycles. The lowest BCUT2D eigenvalue weighted by Gasteiger charge is -2.23. The number of amides is 2. The summed E-state index contributed by atoms with van der Waals surface area (Å²) in [4.78, 5) is 25.0. The molecule has 0 radical (unpaired) electrons. The maximum Gasteiger partial charge on any atom is 0.236 e. The first-order chi connectivity index (χ1) is 16.4. The van der Waals surface area contributed by atoms with Gasteiger partial charge in [0, 0.05) is 18.7 Å². The smallest absolute Gasteiger partial charge is 0.236 e. The fraction of sp³-hybridized carbons (Fsp3) is 0.704. The molecule has 1 aromatic rings. The molecule has 0 saturated carbocycles. The van der Waals surface area contributed by atoms with Crippen LogP contribution in [0, 0.1) is 0 Å². The normalized spacial score (nSPS) is 11.0. The van der Waals surface area contributed by atoms with Gasteiger partial charge in [0.1, 0.15) is 6.42 Å². The summed E-state index contributed by atoms with van der Waals surface area (Å²) in [6.07, 6.45) is 19.5. The molecular formula is C27H46N2O5. The molecule has 0 aliphatic carbocycles. The second-order valence-corrected chi connectivity index (χ2v) is 9.32. The highest BCUT2D eigenvalue weighted by Gasteiger charge is 2.20. The number of nitrogens with two attached hydrogens (primary N) is 1. The van der Waals surface area contributed by atoms with Crippen LogP contribution in [0.25, 0.3) is 0 Å². The summed E-state index contributed by atoms with van der Waals surface area (Å²) in [7, 11) is 0. The van der Waals surface area contributed by atoms with E-state index in [0.717, 1.165) is 25.7 Å². The Morgan fingerprint density at radius 1 is 0.706 bits per heavy atom. The number of aromatic hydroxyl groups is 3. The molecule has 1 aromatic carbocycles. The van der Waals surface area contributed by atoms with Gasteiger partial charge in [-0.1, -0.05) is 103 Å². The van der Waals surface area contributed by atoms with Crippen LogP contribution >= 0.6 is 0 Å². The molecular weight excluding hydrogens is 432 g/mol. The molecule has 0 aliphatic heterocycles. The van der Waals surface area contributed by atoms with E-state index in [1.165, 1.54) is 94.1 Å². The number of benzene rings is 1. The van der Waals surface area contributed by atoms with Gasteiger partial charge in [0.25, 0.3) is 0 Å². The van der Waals surface area contributed by atoms with Crippen molar-refractivity contribution in [3.8, 4) is 17.2 Å². The van der Waals surface area contributed by atoms with Gasteiger partial charge in [0.05, 0.1) is 5.69 Å². The maximum atomic E-state index is 12.5. The predicted octanol–water partition coefficient (Wildman–Crippen LogP) is 6.27. The Labute approximate surface area is 205 Å². The average Bonchev–Trinajstić information content (AvgIpc) is 2.78. The second kappa shape index (κ2) is 18.0. The Morgan fingerprint density at radius 2 is 1.09 bits per heavy atom. The number of phenols is 3. The summed E-state index contributed by atoms with van der Waals surface area (Å²) in [5.74, 6) is -2.95. The number of rotatable bonds is 20. The SMILES string of the molecule is CCCCCCCCCCCCCCCCCCN(C(=O)CC(N)=O)c1cc(O)c(O)c(O)c1. The molecule has 34 heavy (non-hydrogen) atoms. The van der Waals surface area contributed by atoms with Crippen molar-refractivity contribution in [2.24, 2.45) is 5.73 Å². The molecule has 7 heteroatoms. The summed E-state index contributed by atoms with van der Waals surface area (Å²) < 4.78 is 0. The van der Waals surface area contributed by atoms with Crippen molar-refractivity contribution >= 4 is 17.5 Å². The molecule has 0 saturated heterocycles. The summed E-state index contributed by atoms with van der Waals surface area (Å²) >= 11 is 0.